The maximum atomic E-state index is 5.31. The standard InChI is InChI=1S/C41H30N4/c1-41(2)34-24-14-13-23-32(34)37-35(41)31-22-12-11-21-30(31)33-25-28-19-9-10-20-29(28)36(33)45(37)40-43-38(26-15-5-3-6-16-26)42-39(44-40)27-17-7-4-8-18-27/h3-24H,25H2,1-2H3. The summed E-state index contributed by atoms with van der Waals surface area (Å²) in [4.78, 5) is 18.0. The zero-order chi connectivity index (χ0) is 30.1. The number of fused-ring (bicyclic) bond motifs is 7. The number of nitrogens with zero attached hydrogens (tertiary/aromatic N) is 4. The zero-order valence-corrected chi connectivity index (χ0v) is 25.2. The van der Waals surface area contributed by atoms with Crippen LogP contribution in [-0.4, -0.2) is 15.0 Å². The number of aromatic nitrogens is 3. The Bertz CT molecular complexity index is 2150. The molecule has 1 aromatic heterocycles. The Balaban J connectivity index is 1.42. The molecule has 45 heavy (non-hydrogen) atoms. The summed E-state index contributed by atoms with van der Waals surface area (Å²) in [7, 11) is 0. The molecule has 9 rings (SSSR count). The van der Waals surface area contributed by atoms with Crippen LogP contribution in [0.2, 0.25) is 0 Å². The zero-order valence-electron chi connectivity index (χ0n) is 25.2. The van der Waals surface area contributed by atoms with Gasteiger partial charge in [-0.25, -0.2) is 4.98 Å². The van der Waals surface area contributed by atoms with Crippen LogP contribution in [0.4, 0.5) is 5.95 Å². The Morgan fingerprint density at radius 3 is 1.71 bits per heavy atom. The molecule has 214 valence electrons. The largest absolute Gasteiger partial charge is 0.277 e. The molecule has 0 amide bonds. The van der Waals surface area contributed by atoms with Gasteiger partial charge in [-0.1, -0.05) is 147 Å². The molecule has 0 saturated carbocycles. The summed E-state index contributed by atoms with van der Waals surface area (Å²) in [6.45, 7) is 4.71. The molecule has 5 aromatic carbocycles. The van der Waals surface area contributed by atoms with Crippen LogP contribution in [0.15, 0.2) is 133 Å². The molecule has 0 fully saturated rings. The summed E-state index contributed by atoms with van der Waals surface area (Å²) in [5.74, 6) is 1.93. The topological polar surface area (TPSA) is 41.9 Å². The van der Waals surface area contributed by atoms with E-state index in [0.717, 1.165) is 28.9 Å². The number of hydrogen-bond donors (Lipinski definition) is 0. The van der Waals surface area contributed by atoms with Gasteiger partial charge >= 0.3 is 0 Å². The minimum Gasteiger partial charge on any atom is -0.277 e. The van der Waals surface area contributed by atoms with Crippen LogP contribution in [0.3, 0.4) is 0 Å². The summed E-state index contributed by atoms with van der Waals surface area (Å²) in [6.07, 6.45) is 0.851. The number of anilines is 1. The van der Waals surface area contributed by atoms with E-state index in [1.807, 2.05) is 36.4 Å². The van der Waals surface area contributed by atoms with Crippen LogP contribution in [0.1, 0.15) is 47.2 Å². The fourth-order valence-electron chi connectivity index (χ4n) is 7.49. The lowest BCUT2D eigenvalue weighted by molar-refractivity contribution is 0.703. The van der Waals surface area contributed by atoms with Crippen molar-refractivity contribution in [2.24, 2.45) is 0 Å². The molecule has 0 unspecified atom stereocenters. The van der Waals surface area contributed by atoms with E-state index in [1.165, 1.54) is 44.5 Å². The van der Waals surface area contributed by atoms with Crippen LogP contribution in [-0.2, 0) is 11.8 Å². The molecule has 0 saturated heterocycles. The molecule has 1 aliphatic heterocycles. The van der Waals surface area contributed by atoms with Gasteiger partial charge in [0.2, 0.25) is 5.95 Å². The van der Waals surface area contributed by atoms with Crippen molar-refractivity contribution < 1.29 is 0 Å². The van der Waals surface area contributed by atoms with Gasteiger partial charge in [-0.3, -0.25) is 4.90 Å². The molecule has 2 heterocycles. The van der Waals surface area contributed by atoms with Gasteiger partial charge in [-0.2, -0.15) is 9.97 Å². The highest BCUT2D eigenvalue weighted by atomic mass is 15.3. The minimum atomic E-state index is -0.239. The van der Waals surface area contributed by atoms with E-state index in [0.29, 0.717) is 17.6 Å². The van der Waals surface area contributed by atoms with Crippen molar-refractivity contribution in [1.29, 1.82) is 0 Å². The number of benzene rings is 5. The fraction of sp³-hybridized carbons (Fsp3) is 0.0976. The van der Waals surface area contributed by atoms with Gasteiger partial charge in [0.1, 0.15) is 0 Å². The van der Waals surface area contributed by atoms with E-state index < -0.39 is 0 Å². The van der Waals surface area contributed by atoms with Crippen LogP contribution < -0.4 is 4.90 Å². The quantitative estimate of drug-likeness (QED) is 0.210. The normalized spacial score (nSPS) is 15.6. The lowest BCUT2D eigenvalue weighted by atomic mass is 9.76. The first kappa shape index (κ1) is 25.8. The molecule has 0 bridgehead atoms. The van der Waals surface area contributed by atoms with Crippen molar-refractivity contribution in [2.45, 2.75) is 25.7 Å². The molecule has 0 atom stereocenters. The monoisotopic (exact) mass is 578 g/mol. The molecule has 0 radical (unpaired) electrons. The van der Waals surface area contributed by atoms with E-state index in [9.17, 15) is 0 Å². The third-order valence-corrected chi connectivity index (χ3v) is 9.50. The highest BCUT2D eigenvalue weighted by Crippen LogP contribution is 2.59. The van der Waals surface area contributed by atoms with E-state index in [2.05, 4.69) is 116 Å². The molecule has 6 aromatic rings. The lowest BCUT2D eigenvalue weighted by Crippen LogP contribution is -2.23. The number of allylic oxidation sites excluding steroid dienone is 2. The summed E-state index contributed by atoms with van der Waals surface area (Å²) < 4.78 is 0. The predicted octanol–water partition coefficient (Wildman–Crippen LogP) is 9.31. The van der Waals surface area contributed by atoms with Crippen LogP contribution in [0.25, 0.3) is 45.3 Å². The van der Waals surface area contributed by atoms with Gasteiger partial charge in [0.15, 0.2) is 11.6 Å². The number of hydrogen-bond acceptors (Lipinski definition) is 4. The van der Waals surface area contributed by atoms with Gasteiger partial charge in [0.05, 0.1) is 11.4 Å². The van der Waals surface area contributed by atoms with Gasteiger partial charge in [-0.15, -0.1) is 0 Å². The molecule has 4 nitrogen and oxygen atoms in total. The maximum Gasteiger partial charge on any atom is 0.238 e. The molecule has 0 spiro atoms. The summed E-state index contributed by atoms with van der Waals surface area (Å²) >= 11 is 0. The van der Waals surface area contributed by atoms with Crippen LogP contribution in [0, 0.1) is 0 Å². The second kappa shape index (κ2) is 9.70. The third-order valence-electron chi connectivity index (χ3n) is 9.50. The third kappa shape index (κ3) is 3.82. The van der Waals surface area contributed by atoms with Crippen molar-refractivity contribution in [2.75, 3.05) is 4.90 Å². The molecule has 2 aliphatic carbocycles. The summed E-state index contributed by atoms with van der Waals surface area (Å²) in [6, 6.07) is 47.0. The van der Waals surface area contributed by atoms with Gasteiger partial charge in [0.25, 0.3) is 0 Å². The average Bonchev–Trinajstić information content (AvgIpc) is 3.53. The molecular weight excluding hydrogens is 548 g/mol. The van der Waals surface area contributed by atoms with Crippen molar-refractivity contribution in [3.63, 3.8) is 0 Å². The van der Waals surface area contributed by atoms with E-state index >= 15 is 0 Å². The van der Waals surface area contributed by atoms with E-state index in [1.54, 1.807) is 0 Å². The SMILES string of the molecule is CC1(C)C2=C(c3ccccc31)N(c1nc(-c3ccccc3)nc(-c3ccccc3)n1)C1=C(Cc3ccccc31)c1ccccc12. The smallest absolute Gasteiger partial charge is 0.238 e. The van der Waals surface area contributed by atoms with Crippen molar-refractivity contribution in [3.8, 4) is 22.8 Å². The predicted molar refractivity (Wildman–Crippen MR) is 183 cm³/mol. The molecule has 4 heteroatoms. The van der Waals surface area contributed by atoms with Crippen molar-refractivity contribution in [1.82, 2.24) is 15.0 Å². The Morgan fingerprint density at radius 2 is 1.04 bits per heavy atom. The molecule has 0 N–H and O–H groups in total. The van der Waals surface area contributed by atoms with Crippen molar-refractivity contribution >= 4 is 28.5 Å². The summed E-state index contributed by atoms with van der Waals surface area (Å²) in [5.41, 5.74) is 14.2. The average molecular weight is 579 g/mol. The highest BCUT2D eigenvalue weighted by Gasteiger charge is 2.46. The Labute approximate surface area is 263 Å². The minimum absolute atomic E-state index is 0.239. The molecule has 3 aliphatic rings. The van der Waals surface area contributed by atoms with Crippen LogP contribution in [0.5, 0.6) is 0 Å². The second-order valence-corrected chi connectivity index (χ2v) is 12.5. The summed E-state index contributed by atoms with van der Waals surface area (Å²) in [5, 5.41) is 0. The van der Waals surface area contributed by atoms with E-state index in [4.69, 9.17) is 15.0 Å². The Hall–Kier alpha value is -5.61. The van der Waals surface area contributed by atoms with Gasteiger partial charge < -0.3 is 0 Å². The first-order chi connectivity index (χ1) is 22.1. The lowest BCUT2D eigenvalue weighted by Gasteiger charge is -2.29. The highest BCUT2D eigenvalue weighted by molar-refractivity contribution is 6.19. The molecular formula is C41H30N4. The Morgan fingerprint density at radius 1 is 0.511 bits per heavy atom. The van der Waals surface area contributed by atoms with Gasteiger partial charge in [-0.05, 0) is 33.4 Å². The van der Waals surface area contributed by atoms with Crippen molar-refractivity contribution in [3.05, 3.63) is 167 Å². The van der Waals surface area contributed by atoms with Crippen LogP contribution >= 0.6 is 0 Å². The first-order valence-electron chi connectivity index (χ1n) is 15.5. The maximum absolute atomic E-state index is 5.31. The Kier molecular flexibility index (Phi) is 5.57. The fourth-order valence-corrected chi connectivity index (χ4v) is 7.49. The first-order valence-corrected chi connectivity index (χ1v) is 15.5. The van der Waals surface area contributed by atoms with Gasteiger partial charge in [0, 0.05) is 34.1 Å². The number of rotatable bonds is 3. The second-order valence-electron chi connectivity index (χ2n) is 12.5. The van der Waals surface area contributed by atoms with E-state index in [-0.39, 0.29) is 5.41 Å².